The van der Waals surface area contributed by atoms with E-state index in [9.17, 15) is 0 Å². The van der Waals surface area contributed by atoms with Gasteiger partial charge in [-0.2, -0.15) is 0 Å². The molecule has 0 aliphatic rings. The third-order valence-electron chi connectivity index (χ3n) is 2.91. The molecule has 1 aromatic carbocycles. The molecule has 1 heteroatoms. The monoisotopic (exact) mass is 226 g/mol. The van der Waals surface area contributed by atoms with Crippen LogP contribution in [-0.4, -0.2) is 0 Å². The molecule has 0 saturated carbocycles. The maximum atomic E-state index is 5.31. The van der Waals surface area contributed by atoms with Gasteiger partial charge in [-0.15, -0.1) is 0 Å². The molecule has 0 spiro atoms. The molecule has 0 aliphatic heterocycles. The first-order valence-electron chi connectivity index (χ1n) is 6.12. The second-order valence-electron chi connectivity index (χ2n) is 4.27. The topological polar surface area (TPSA) is 13.1 Å². The highest BCUT2D eigenvalue weighted by Crippen LogP contribution is 2.19. The minimum Gasteiger partial charge on any atom is -0.465 e. The van der Waals surface area contributed by atoms with Gasteiger partial charge in [0.15, 0.2) is 0 Å². The molecule has 0 saturated heterocycles. The van der Waals surface area contributed by atoms with E-state index in [4.69, 9.17) is 4.42 Å². The normalized spacial score (nSPS) is 10.4. The van der Waals surface area contributed by atoms with Gasteiger partial charge in [-0.05, 0) is 49.0 Å². The van der Waals surface area contributed by atoms with Crippen LogP contribution in [0, 0.1) is 0 Å². The van der Waals surface area contributed by atoms with Crippen molar-refractivity contribution in [2.75, 3.05) is 0 Å². The lowest BCUT2D eigenvalue weighted by molar-refractivity contribution is 0.548. The van der Waals surface area contributed by atoms with E-state index in [1.807, 2.05) is 12.1 Å². The van der Waals surface area contributed by atoms with Crippen molar-refractivity contribution in [3.8, 4) is 0 Å². The molecule has 0 bridgehead atoms. The first-order chi connectivity index (χ1) is 8.36. The van der Waals surface area contributed by atoms with Gasteiger partial charge in [-0.25, -0.2) is 0 Å². The zero-order chi connectivity index (χ0) is 11.9. The summed E-state index contributed by atoms with van der Waals surface area (Å²) >= 11 is 0. The molecule has 1 nitrogen and oxygen atoms in total. The number of furan rings is 1. The number of hydrogen-bond acceptors (Lipinski definition) is 1. The van der Waals surface area contributed by atoms with Gasteiger partial charge in [0.05, 0.1) is 6.26 Å². The van der Waals surface area contributed by atoms with Crippen molar-refractivity contribution in [2.45, 2.75) is 25.7 Å². The summed E-state index contributed by atoms with van der Waals surface area (Å²) in [5.74, 6) is 0.921. The average Bonchev–Trinajstić information content (AvgIpc) is 2.89. The molecule has 1 heterocycles. The van der Waals surface area contributed by atoms with Crippen LogP contribution in [0.4, 0.5) is 0 Å². The lowest BCUT2D eigenvalue weighted by Crippen LogP contribution is -1.86. The number of hydrogen-bond donors (Lipinski definition) is 0. The fraction of sp³-hybridized carbons (Fsp3) is 0.250. The summed E-state index contributed by atoms with van der Waals surface area (Å²) in [5.41, 5.74) is 2.51. The maximum absolute atomic E-state index is 5.31. The van der Waals surface area contributed by atoms with Crippen LogP contribution in [-0.2, 0) is 6.42 Å². The Morgan fingerprint density at radius 1 is 1.00 bits per heavy atom. The largest absolute Gasteiger partial charge is 0.465 e. The van der Waals surface area contributed by atoms with Gasteiger partial charge in [0.1, 0.15) is 5.76 Å². The molecule has 0 N–H and O–H groups in total. The second kappa shape index (κ2) is 6.09. The number of rotatable bonds is 6. The Morgan fingerprint density at radius 2 is 1.82 bits per heavy atom. The van der Waals surface area contributed by atoms with Crippen molar-refractivity contribution in [1.29, 1.82) is 0 Å². The fourth-order valence-corrected chi connectivity index (χ4v) is 1.92. The summed E-state index contributed by atoms with van der Waals surface area (Å²) in [4.78, 5) is 0. The van der Waals surface area contributed by atoms with Crippen LogP contribution in [0.1, 0.15) is 30.6 Å². The average molecular weight is 226 g/mol. The van der Waals surface area contributed by atoms with Gasteiger partial charge in [-0.1, -0.05) is 36.9 Å². The zero-order valence-electron chi connectivity index (χ0n) is 10.1. The molecule has 0 fully saturated rings. The Morgan fingerprint density at radius 3 is 2.53 bits per heavy atom. The minimum absolute atomic E-state index is 0.921. The molecule has 88 valence electrons. The third-order valence-corrected chi connectivity index (χ3v) is 2.91. The predicted octanol–water partition coefficient (Wildman–Crippen LogP) is 4.71. The van der Waals surface area contributed by atoms with E-state index in [0.29, 0.717) is 0 Å². The highest BCUT2D eigenvalue weighted by Gasteiger charge is 2.01. The zero-order valence-corrected chi connectivity index (χ0v) is 10.1. The number of aryl methyl sites for hydroxylation is 1. The first-order valence-corrected chi connectivity index (χ1v) is 6.12. The minimum atomic E-state index is 0.921. The van der Waals surface area contributed by atoms with Gasteiger partial charge < -0.3 is 4.42 Å². The summed E-state index contributed by atoms with van der Waals surface area (Å²) in [6, 6.07) is 14.5. The van der Waals surface area contributed by atoms with Crippen molar-refractivity contribution < 1.29 is 4.42 Å². The Hall–Kier alpha value is -1.76. The smallest absolute Gasteiger partial charge is 0.129 e. The third kappa shape index (κ3) is 3.63. The van der Waals surface area contributed by atoms with Crippen molar-refractivity contribution in [2.24, 2.45) is 0 Å². The molecule has 0 unspecified atom stereocenters. The molecule has 2 aromatic rings. The molecule has 0 aliphatic carbocycles. The van der Waals surface area contributed by atoms with Crippen molar-refractivity contribution in [3.05, 3.63) is 66.6 Å². The second-order valence-corrected chi connectivity index (χ2v) is 4.27. The molecule has 0 atom stereocenters. The Bertz CT molecular complexity index is 440. The van der Waals surface area contributed by atoms with E-state index in [1.165, 1.54) is 12.0 Å². The van der Waals surface area contributed by atoms with Crippen LogP contribution in [0.5, 0.6) is 0 Å². The van der Waals surface area contributed by atoms with E-state index >= 15 is 0 Å². The van der Waals surface area contributed by atoms with Gasteiger partial charge in [0.25, 0.3) is 0 Å². The van der Waals surface area contributed by atoms with Gasteiger partial charge >= 0.3 is 0 Å². The van der Waals surface area contributed by atoms with Crippen LogP contribution >= 0.6 is 0 Å². The Labute approximate surface area is 103 Å². The van der Waals surface area contributed by atoms with Crippen molar-refractivity contribution in [1.82, 2.24) is 0 Å². The summed E-state index contributed by atoms with van der Waals surface area (Å²) in [5, 5.41) is 0. The van der Waals surface area contributed by atoms with E-state index in [2.05, 4.69) is 36.9 Å². The number of benzene rings is 1. The SMILES string of the molecule is C=C(CCCCc1ccccc1)c1ccco1. The quantitative estimate of drug-likeness (QED) is 0.650. The summed E-state index contributed by atoms with van der Waals surface area (Å²) in [7, 11) is 0. The van der Waals surface area contributed by atoms with Gasteiger partial charge in [0.2, 0.25) is 0 Å². The Kier molecular flexibility index (Phi) is 4.20. The number of allylic oxidation sites excluding steroid dienone is 1. The molecule has 0 amide bonds. The van der Waals surface area contributed by atoms with Crippen LogP contribution in [0.15, 0.2) is 59.7 Å². The van der Waals surface area contributed by atoms with E-state index in [-0.39, 0.29) is 0 Å². The van der Waals surface area contributed by atoms with Crippen LogP contribution in [0.3, 0.4) is 0 Å². The van der Waals surface area contributed by atoms with Crippen molar-refractivity contribution in [3.63, 3.8) is 0 Å². The molecular weight excluding hydrogens is 208 g/mol. The van der Waals surface area contributed by atoms with Crippen LogP contribution in [0.25, 0.3) is 5.57 Å². The summed E-state index contributed by atoms with van der Waals surface area (Å²) in [6.45, 7) is 4.05. The fourth-order valence-electron chi connectivity index (χ4n) is 1.92. The highest BCUT2D eigenvalue weighted by atomic mass is 16.3. The molecule has 17 heavy (non-hydrogen) atoms. The molecule has 0 radical (unpaired) electrons. The van der Waals surface area contributed by atoms with E-state index in [1.54, 1.807) is 6.26 Å². The number of unbranched alkanes of at least 4 members (excludes halogenated alkanes) is 1. The predicted molar refractivity (Wildman–Crippen MR) is 71.7 cm³/mol. The van der Waals surface area contributed by atoms with Gasteiger partial charge in [-0.3, -0.25) is 0 Å². The molecule has 2 rings (SSSR count). The van der Waals surface area contributed by atoms with E-state index in [0.717, 1.165) is 30.6 Å². The first kappa shape index (κ1) is 11.7. The lowest BCUT2D eigenvalue weighted by atomic mass is 10.0. The highest BCUT2D eigenvalue weighted by molar-refractivity contribution is 5.58. The Balaban J connectivity index is 1.69. The standard InChI is InChI=1S/C16H18O/c1-14(16-12-7-13-17-16)8-5-6-11-15-9-3-2-4-10-15/h2-4,7,9-10,12-13H,1,5-6,8,11H2. The van der Waals surface area contributed by atoms with Crippen LogP contribution < -0.4 is 0 Å². The summed E-state index contributed by atoms with van der Waals surface area (Å²) in [6.07, 6.45) is 6.22. The molecular formula is C16H18O. The molecule has 1 aromatic heterocycles. The van der Waals surface area contributed by atoms with Crippen LogP contribution in [0.2, 0.25) is 0 Å². The summed E-state index contributed by atoms with van der Waals surface area (Å²) < 4.78 is 5.31. The van der Waals surface area contributed by atoms with E-state index < -0.39 is 0 Å². The lowest BCUT2D eigenvalue weighted by Gasteiger charge is -2.03. The van der Waals surface area contributed by atoms with Gasteiger partial charge in [0, 0.05) is 0 Å². The maximum Gasteiger partial charge on any atom is 0.129 e. The van der Waals surface area contributed by atoms with Crippen molar-refractivity contribution >= 4 is 5.57 Å².